The van der Waals surface area contributed by atoms with Crippen molar-refractivity contribution in [2.45, 2.75) is 32.9 Å². The number of hydrogen-bond donors (Lipinski definition) is 2. The fraction of sp³-hybridized carbons (Fsp3) is 0.276. The summed E-state index contributed by atoms with van der Waals surface area (Å²) >= 11 is 5.91. The van der Waals surface area contributed by atoms with Crippen LogP contribution in [0.5, 0.6) is 0 Å². The van der Waals surface area contributed by atoms with E-state index in [0.717, 1.165) is 11.3 Å². The number of fused-ring (bicyclic) bond motifs is 1. The lowest BCUT2D eigenvalue weighted by molar-refractivity contribution is 0.0691. The number of carbonyl (C=O) groups is 1. The third kappa shape index (κ3) is 5.38. The number of nitrogens with zero attached hydrogens (tertiary/aromatic N) is 6. The minimum atomic E-state index is -1.24. The number of anilines is 3. The second-order valence-electron chi connectivity index (χ2n) is 10.1. The molecule has 0 radical (unpaired) electrons. The van der Waals surface area contributed by atoms with Gasteiger partial charge in [0.2, 0.25) is 0 Å². The van der Waals surface area contributed by atoms with Gasteiger partial charge in [0.15, 0.2) is 17.1 Å². The molecular weight excluding hydrogens is 549 g/mol. The van der Waals surface area contributed by atoms with Crippen LogP contribution in [0.2, 0.25) is 5.15 Å². The summed E-state index contributed by atoms with van der Waals surface area (Å²) in [6.45, 7) is 7.29. The molecule has 1 fully saturated rings. The molecule has 1 aliphatic heterocycles. The standard InChI is InChI=1S/C29H27ClFN7O3/c1-16-12-21(18(3)33-23-8-9-24(30)34-25(23)29(40)41)26-35-27(22(13-32)28(39)38(26)14-16)37-11-10-36(15-17(37)2)20-6-4-19(31)5-7-20/h4-9,12,14,17-18,33H,10-11,15H2,1-3H3,(H,40,41)/t17-,18+/m0/s1. The van der Waals surface area contributed by atoms with Crippen molar-refractivity contribution in [2.75, 3.05) is 34.8 Å². The molecule has 10 nitrogen and oxygen atoms in total. The highest BCUT2D eigenvalue weighted by molar-refractivity contribution is 6.29. The van der Waals surface area contributed by atoms with Gasteiger partial charge < -0.3 is 20.2 Å². The third-order valence-electron chi connectivity index (χ3n) is 7.18. The number of aryl methyl sites for hydroxylation is 1. The van der Waals surface area contributed by atoms with Crippen molar-refractivity contribution in [2.24, 2.45) is 0 Å². The Morgan fingerprint density at radius 1 is 1.22 bits per heavy atom. The summed E-state index contributed by atoms with van der Waals surface area (Å²) in [7, 11) is 0. The van der Waals surface area contributed by atoms with Crippen LogP contribution >= 0.6 is 11.6 Å². The van der Waals surface area contributed by atoms with Crippen LogP contribution in [-0.2, 0) is 0 Å². The molecule has 0 spiro atoms. The average molecular weight is 576 g/mol. The van der Waals surface area contributed by atoms with E-state index in [-0.39, 0.29) is 34.0 Å². The molecule has 210 valence electrons. The number of nitriles is 1. The maximum atomic E-state index is 13.6. The first-order chi connectivity index (χ1) is 19.6. The van der Waals surface area contributed by atoms with E-state index in [1.54, 1.807) is 18.3 Å². The first-order valence-corrected chi connectivity index (χ1v) is 13.4. The normalized spacial score (nSPS) is 16.0. The van der Waals surface area contributed by atoms with E-state index in [1.807, 2.05) is 31.7 Å². The lowest BCUT2D eigenvalue weighted by Gasteiger charge is -2.41. The highest BCUT2D eigenvalue weighted by Gasteiger charge is 2.29. The van der Waals surface area contributed by atoms with E-state index < -0.39 is 17.6 Å². The molecule has 5 rings (SSSR count). The second kappa shape index (κ2) is 11.1. The Morgan fingerprint density at radius 2 is 1.95 bits per heavy atom. The second-order valence-corrected chi connectivity index (χ2v) is 10.4. The van der Waals surface area contributed by atoms with Gasteiger partial charge in [-0.25, -0.2) is 19.2 Å². The Hall–Kier alpha value is -4.69. The Balaban J connectivity index is 1.55. The van der Waals surface area contributed by atoms with Crippen molar-refractivity contribution in [1.29, 1.82) is 5.26 Å². The van der Waals surface area contributed by atoms with Crippen molar-refractivity contribution in [3.63, 3.8) is 0 Å². The molecule has 1 saturated heterocycles. The van der Waals surface area contributed by atoms with Crippen LogP contribution in [0.25, 0.3) is 5.65 Å². The minimum absolute atomic E-state index is 0.0529. The predicted octanol–water partition coefficient (Wildman–Crippen LogP) is 4.65. The number of carboxylic acids is 1. The predicted molar refractivity (Wildman–Crippen MR) is 155 cm³/mol. The van der Waals surface area contributed by atoms with Crippen LogP contribution in [0.3, 0.4) is 0 Å². The zero-order valence-electron chi connectivity index (χ0n) is 22.6. The molecule has 0 bridgehead atoms. The molecule has 1 aliphatic rings. The number of benzene rings is 1. The Bertz CT molecular complexity index is 1750. The van der Waals surface area contributed by atoms with E-state index in [1.165, 1.54) is 28.7 Å². The van der Waals surface area contributed by atoms with Gasteiger partial charge in [-0.2, -0.15) is 5.26 Å². The van der Waals surface area contributed by atoms with Crippen LogP contribution in [-0.4, -0.2) is 51.1 Å². The van der Waals surface area contributed by atoms with Gasteiger partial charge in [0, 0.05) is 43.1 Å². The molecule has 0 aliphatic carbocycles. The van der Waals surface area contributed by atoms with Gasteiger partial charge >= 0.3 is 5.97 Å². The van der Waals surface area contributed by atoms with Crippen molar-refractivity contribution in [1.82, 2.24) is 14.4 Å². The van der Waals surface area contributed by atoms with Gasteiger partial charge in [0.05, 0.1) is 11.7 Å². The smallest absolute Gasteiger partial charge is 0.356 e. The lowest BCUT2D eigenvalue weighted by Crippen LogP contribution is -2.53. The van der Waals surface area contributed by atoms with Crippen molar-refractivity contribution in [3.05, 3.63) is 92.4 Å². The first kappa shape index (κ1) is 27.9. The molecule has 4 aromatic rings. The summed E-state index contributed by atoms with van der Waals surface area (Å²) in [5.41, 5.74) is 2.12. The summed E-state index contributed by atoms with van der Waals surface area (Å²) in [5.74, 6) is -1.25. The quantitative estimate of drug-likeness (QED) is 0.316. The first-order valence-electron chi connectivity index (χ1n) is 13.0. The van der Waals surface area contributed by atoms with Crippen LogP contribution in [0, 0.1) is 24.1 Å². The Morgan fingerprint density at radius 3 is 2.61 bits per heavy atom. The Kier molecular flexibility index (Phi) is 7.51. The number of pyridine rings is 2. The zero-order chi connectivity index (χ0) is 29.4. The maximum absolute atomic E-state index is 13.6. The van der Waals surface area contributed by atoms with Crippen LogP contribution < -0.4 is 20.7 Å². The molecule has 41 heavy (non-hydrogen) atoms. The van der Waals surface area contributed by atoms with Crippen LogP contribution in [0.1, 0.15) is 47.1 Å². The highest BCUT2D eigenvalue weighted by atomic mass is 35.5. The molecule has 2 atom stereocenters. The molecule has 2 N–H and O–H groups in total. The maximum Gasteiger partial charge on any atom is 0.356 e. The number of aromatic nitrogens is 3. The summed E-state index contributed by atoms with van der Waals surface area (Å²) in [5, 5.41) is 22.9. The molecule has 4 heterocycles. The number of piperazine rings is 1. The largest absolute Gasteiger partial charge is 0.476 e. The summed E-state index contributed by atoms with van der Waals surface area (Å²) < 4.78 is 14.8. The number of nitrogens with one attached hydrogen (secondary N) is 1. The molecule has 12 heteroatoms. The molecule has 1 aromatic carbocycles. The Labute approximate surface area is 240 Å². The van der Waals surface area contributed by atoms with Gasteiger partial charge in [-0.15, -0.1) is 0 Å². The monoisotopic (exact) mass is 575 g/mol. The van der Waals surface area contributed by atoms with Crippen molar-refractivity contribution >= 4 is 40.4 Å². The van der Waals surface area contributed by atoms with Gasteiger partial charge in [-0.3, -0.25) is 9.20 Å². The molecule has 3 aromatic heterocycles. The summed E-state index contributed by atoms with van der Waals surface area (Å²) in [4.78, 5) is 38.3. The van der Waals surface area contributed by atoms with Gasteiger partial charge in [-0.05, 0) is 68.8 Å². The van der Waals surface area contributed by atoms with E-state index >= 15 is 0 Å². The number of carboxylic acid groups (broad SMARTS) is 1. The highest BCUT2D eigenvalue weighted by Crippen LogP contribution is 2.29. The summed E-state index contributed by atoms with van der Waals surface area (Å²) in [6, 6.07) is 12.7. The van der Waals surface area contributed by atoms with Gasteiger partial charge in [0.1, 0.15) is 22.7 Å². The third-order valence-corrected chi connectivity index (χ3v) is 7.39. The lowest BCUT2D eigenvalue weighted by atomic mass is 10.1. The van der Waals surface area contributed by atoms with E-state index in [0.29, 0.717) is 36.7 Å². The molecule has 0 amide bonds. The molecular formula is C29H27ClFN7O3. The summed E-state index contributed by atoms with van der Waals surface area (Å²) in [6.07, 6.45) is 1.63. The number of aromatic carboxylic acids is 1. The SMILES string of the molecule is Cc1cc([C@@H](C)Nc2ccc(Cl)nc2C(=O)O)c2nc(N3CCN(c4ccc(F)cc4)C[C@@H]3C)c(C#N)c(=O)n2c1. The van der Waals surface area contributed by atoms with Gasteiger partial charge in [0.25, 0.3) is 5.56 Å². The minimum Gasteiger partial charge on any atom is -0.476 e. The average Bonchev–Trinajstić information content (AvgIpc) is 2.94. The zero-order valence-corrected chi connectivity index (χ0v) is 23.4. The van der Waals surface area contributed by atoms with Gasteiger partial charge in [-0.1, -0.05) is 11.6 Å². The van der Waals surface area contributed by atoms with Crippen molar-refractivity contribution < 1.29 is 14.3 Å². The topological polar surface area (TPSA) is 127 Å². The molecule has 0 unspecified atom stereocenters. The fourth-order valence-electron chi connectivity index (χ4n) is 5.21. The van der Waals surface area contributed by atoms with E-state index in [2.05, 4.69) is 21.3 Å². The van der Waals surface area contributed by atoms with E-state index in [9.17, 15) is 24.3 Å². The number of rotatable bonds is 6. The van der Waals surface area contributed by atoms with Crippen LogP contribution in [0.15, 0.2) is 53.5 Å². The fourth-order valence-corrected chi connectivity index (χ4v) is 5.35. The number of halogens is 2. The van der Waals surface area contributed by atoms with Crippen molar-refractivity contribution in [3.8, 4) is 6.07 Å². The molecule has 0 saturated carbocycles. The van der Waals surface area contributed by atoms with E-state index in [4.69, 9.17) is 16.6 Å². The van der Waals surface area contributed by atoms with Crippen LogP contribution in [0.4, 0.5) is 21.6 Å². The number of hydrogen-bond acceptors (Lipinski definition) is 8.